The molecule has 0 atom stereocenters. The van der Waals surface area contributed by atoms with E-state index in [2.05, 4.69) is 20.7 Å². The fraction of sp³-hybridized carbons (Fsp3) is 0.429. The van der Waals surface area contributed by atoms with Crippen LogP contribution in [0.4, 0.5) is 13.2 Å². The van der Waals surface area contributed by atoms with Crippen molar-refractivity contribution in [3.8, 4) is 0 Å². The third-order valence-corrected chi connectivity index (χ3v) is 4.47. The fourth-order valence-electron chi connectivity index (χ4n) is 1.86. The lowest BCUT2D eigenvalue weighted by Gasteiger charge is -2.21. The molecule has 0 saturated carbocycles. The van der Waals surface area contributed by atoms with Gasteiger partial charge in [-0.1, -0.05) is 0 Å². The van der Waals surface area contributed by atoms with Gasteiger partial charge in [-0.05, 0) is 29.3 Å². The molecule has 0 aliphatic carbocycles. The molecule has 0 aliphatic heterocycles. The van der Waals surface area contributed by atoms with Gasteiger partial charge < -0.3 is 10.2 Å². The van der Waals surface area contributed by atoms with E-state index in [1.54, 1.807) is 11.3 Å². The van der Waals surface area contributed by atoms with Gasteiger partial charge in [0.15, 0.2) is 11.7 Å². The number of thiophene rings is 1. The molecule has 0 bridgehead atoms. The minimum atomic E-state index is -4.40. The predicted molar refractivity (Wildman–Crippen MR) is 87.7 cm³/mol. The van der Waals surface area contributed by atoms with E-state index in [1.165, 1.54) is 0 Å². The largest absolute Gasteiger partial charge is 0.434 e. The van der Waals surface area contributed by atoms with Crippen molar-refractivity contribution in [3.63, 3.8) is 0 Å². The summed E-state index contributed by atoms with van der Waals surface area (Å²) in [5.74, 6) is 0.641. The minimum absolute atomic E-state index is 0.122. The van der Waals surface area contributed by atoms with Crippen LogP contribution in [0, 0.1) is 0 Å². The number of alkyl halides is 3. The van der Waals surface area contributed by atoms with E-state index < -0.39 is 11.9 Å². The summed E-state index contributed by atoms with van der Waals surface area (Å²) < 4.78 is 37.6. The summed E-state index contributed by atoms with van der Waals surface area (Å²) in [6, 6.07) is 2.03. The fourth-order valence-corrected chi connectivity index (χ4v) is 3.24. The van der Waals surface area contributed by atoms with Crippen LogP contribution in [0.3, 0.4) is 0 Å². The summed E-state index contributed by atoms with van der Waals surface area (Å²) in [4.78, 5) is 9.90. The van der Waals surface area contributed by atoms with Crippen LogP contribution in [0.25, 0.3) is 0 Å². The lowest BCUT2D eigenvalue weighted by molar-refractivity contribution is -0.140. The lowest BCUT2D eigenvalue weighted by atomic mass is 10.3. The maximum Gasteiger partial charge on any atom is 0.434 e. The molecular formula is C14H17F3N4S2. The quantitative estimate of drug-likeness (QED) is 0.649. The number of nitrogens with zero attached hydrogens (tertiary/aromatic N) is 3. The minimum Gasteiger partial charge on any atom is -0.357 e. The van der Waals surface area contributed by atoms with Crippen molar-refractivity contribution >= 4 is 28.6 Å². The van der Waals surface area contributed by atoms with Gasteiger partial charge in [0.2, 0.25) is 0 Å². The van der Waals surface area contributed by atoms with E-state index in [-0.39, 0.29) is 6.54 Å². The third-order valence-electron chi connectivity index (χ3n) is 2.90. The highest BCUT2D eigenvalue weighted by molar-refractivity contribution is 7.09. The zero-order chi connectivity index (χ0) is 16.9. The molecule has 2 rings (SSSR count). The standard InChI is InChI=1S/C14H17F3N4S2/c1-3-18-13(21(2)7-10-4-5-22-8-10)19-6-12-20-11(9-23-12)14(15,16)17/h4-5,8-9H,3,6-7H2,1-2H3,(H,18,19). The van der Waals surface area contributed by atoms with Gasteiger partial charge in [-0.15, -0.1) is 11.3 Å². The number of thiazole rings is 1. The Bertz CT molecular complexity index is 635. The Morgan fingerprint density at radius 3 is 2.74 bits per heavy atom. The van der Waals surface area contributed by atoms with Crippen molar-refractivity contribution in [2.75, 3.05) is 13.6 Å². The van der Waals surface area contributed by atoms with Crippen LogP contribution in [-0.2, 0) is 19.3 Å². The highest BCUT2D eigenvalue weighted by Gasteiger charge is 2.33. The molecule has 0 fully saturated rings. The van der Waals surface area contributed by atoms with E-state index in [4.69, 9.17) is 0 Å². The number of guanidine groups is 1. The Morgan fingerprint density at radius 2 is 2.17 bits per heavy atom. The predicted octanol–water partition coefficient (Wildman–Crippen LogP) is 3.82. The molecule has 0 unspecified atom stereocenters. The van der Waals surface area contributed by atoms with Gasteiger partial charge in [0.05, 0.1) is 6.54 Å². The van der Waals surface area contributed by atoms with Crippen LogP contribution in [0.1, 0.15) is 23.2 Å². The van der Waals surface area contributed by atoms with Crippen LogP contribution in [0.15, 0.2) is 27.2 Å². The zero-order valence-corrected chi connectivity index (χ0v) is 14.4. The smallest absolute Gasteiger partial charge is 0.357 e. The highest BCUT2D eigenvalue weighted by Crippen LogP contribution is 2.30. The maximum atomic E-state index is 12.5. The van der Waals surface area contributed by atoms with Crippen molar-refractivity contribution in [3.05, 3.63) is 38.5 Å². The molecule has 23 heavy (non-hydrogen) atoms. The molecule has 1 N–H and O–H groups in total. The normalized spacial score (nSPS) is 12.5. The third kappa shape index (κ3) is 5.21. The second-order valence-electron chi connectivity index (χ2n) is 4.78. The summed E-state index contributed by atoms with van der Waals surface area (Å²) >= 11 is 2.59. The Morgan fingerprint density at radius 1 is 1.39 bits per heavy atom. The lowest BCUT2D eigenvalue weighted by Crippen LogP contribution is -2.38. The monoisotopic (exact) mass is 362 g/mol. The number of aromatic nitrogens is 1. The number of hydrogen-bond acceptors (Lipinski definition) is 4. The Balaban J connectivity index is 2.04. The number of aliphatic imine (C=N–C) groups is 1. The SMILES string of the molecule is CCNC(=NCc1nc(C(F)(F)F)cs1)N(C)Cc1ccsc1. The van der Waals surface area contributed by atoms with E-state index in [0.717, 1.165) is 22.3 Å². The second kappa shape index (κ2) is 7.78. The van der Waals surface area contributed by atoms with Crippen LogP contribution in [0.2, 0.25) is 0 Å². The van der Waals surface area contributed by atoms with Gasteiger partial charge >= 0.3 is 6.18 Å². The number of hydrogen-bond donors (Lipinski definition) is 1. The number of rotatable bonds is 5. The van der Waals surface area contributed by atoms with Gasteiger partial charge in [-0.2, -0.15) is 24.5 Å². The highest BCUT2D eigenvalue weighted by atomic mass is 32.1. The van der Waals surface area contributed by atoms with Gasteiger partial charge in [-0.25, -0.2) is 9.98 Å². The number of halogens is 3. The van der Waals surface area contributed by atoms with Crippen LogP contribution >= 0.6 is 22.7 Å². The summed E-state index contributed by atoms with van der Waals surface area (Å²) in [7, 11) is 1.89. The molecule has 0 aromatic carbocycles. The van der Waals surface area contributed by atoms with Gasteiger partial charge in [0.1, 0.15) is 5.01 Å². The Hall–Kier alpha value is -1.61. The summed E-state index contributed by atoms with van der Waals surface area (Å²) in [6.07, 6.45) is -4.40. The molecule has 0 aliphatic rings. The molecule has 0 radical (unpaired) electrons. The first kappa shape index (κ1) is 17.7. The second-order valence-corrected chi connectivity index (χ2v) is 6.50. The average Bonchev–Trinajstić information content (AvgIpc) is 3.13. The summed E-state index contributed by atoms with van der Waals surface area (Å²) in [5.41, 5.74) is 0.307. The van der Waals surface area contributed by atoms with E-state index in [1.807, 2.05) is 30.3 Å². The molecule has 0 saturated heterocycles. The van der Waals surface area contributed by atoms with E-state index >= 15 is 0 Å². The van der Waals surface area contributed by atoms with Crippen LogP contribution in [-0.4, -0.2) is 29.4 Å². The molecule has 2 heterocycles. The number of nitrogens with one attached hydrogen (secondary N) is 1. The topological polar surface area (TPSA) is 40.5 Å². The van der Waals surface area contributed by atoms with Crippen LogP contribution < -0.4 is 5.32 Å². The Labute approximate surface area is 140 Å². The van der Waals surface area contributed by atoms with Crippen molar-refractivity contribution < 1.29 is 13.2 Å². The zero-order valence-electron chi connectivity index (χ0n) is 12.7. The maximum absolute atomic E-state index is 12.5. The Kier molecular flexibility index (Phi) is 6.00. The van der Waals surface area contributed by atoms with Crippen molar-refractivity contribution in [1.82, 2.24) is 15.2 Å². The molecule has 2 aromatic heterocycles. The van der Waals surface area contributed by atoms with E-state index in [0.29, 0.717) is 24.1 Å². The summed E-state index contributed by atoms with van der Waals surface area (Å²) in [6.45, 7) is 3.43. The van der Waals surface area contributed by atoms with Gasteiger partial charge in [0.25, 0.3) is 0 Å². The van der Waals surface area contributed by atoms with Crippen LogP contribution in [0.5, 0.6) is 0 Å². The molecule has 9 heteroatoms. The first-order valence-corrected chi connectivity index (χ1v) is 8.74. The molecule has 126 valence electrons. The average molecular weight is 362 g/mol. The summed E-state index contributed by atoms with van der Waals surface area (Å²) in [5, 5.41) is 8.55. The van der Waals surface area contributed by atoms with Crippen molar-refractivity contribution in [1.29, 1.82) is 0 Å². The molecular weight excluding hydrogens is 345 g/mol. The van der Waals surface area contributed by atoms with Gasteiger partial charge in [0, 0.05) is 25.5 Å². The van der Waals surface area contributed by atoms with Gasteiger partial charge in [-0.3, -0.25) is 0 Å². The first-order chi connectivity index (χ1) is 10.9. The molecule has 2 aromatic rings. The van der Waals surface area contributed by atoms with Crippen molar-refractivity contribution in [2.45, 2.75) is 26.2 Å². The first-order valence-electron chi connectivity index (χ1n) is 6.92. The molecule has 4 nitrogen and oxygen atoms in total. The molecule has 0 spiro atoms. The van der Waals surface area contributed by atoms with E-state index in [9.17, 15) is 13.2 Å². The molecule has 0 amide bonds. The van der Waals surface area contributed by atoms with Crippen molar-refractivity contribution in [2.24, 2.45) is 4.99 Å².